The first-order valence-corrected chi connectivity index (χ1v) is 7.54. The molecule has 2 rings (SSSR count). The molecule has 0 aliphatic carbocycles. The molecule has 1 aromatic heterocycles. The van der Waals surface area contributed by atoms with Crippen molar-refractivity contribution in [2.45, 2.75) is 39.8 Å². The summed E-state index contributed by atoms with van der Waals surface area (Å²) in [6.07, 6.45) is 3.25. The zero-order valence-corrected chi connectivity index (χ0v) is 14.0. The Labute approximate surface area is 136 Å². The SMILES string of the molecule is Cc1cc(O)ccc1-c1cnn(CCNC(=O)OC(C)(C)C)c1. The molecule has 0 unspecified atom stereocenters. The predicted octanol–water partition coefficient (Wildman–Crippen LogP) is 3.09. The summed E-state index contributed by atoms with van der Waals surface area (Å²) in [6, 6.07) is 5.24. The highest BCUT2D eigenvalue weighted by Crippen LogP contribution is 2.25. The number of aromatic hydroxyl groups is 1. The minimum absolute atomic E-state index is 0.250. The highest BCUT2D eigenvalue weighted by atomic mass is 16.6. The molecule has 2 N–H and O–H groups in total. The third-order valence-corrected chi connectivity index (χ3v) is 3.16. The maximum Gasteiger partial charge on any atom is 0.407 e. The first-order valence-electron chi connectivity index (χ1n) is 7.54. The van der Waals surface area contributed by atoms with E-state index >= 15 is 0 Å². The molecule has 0 atom stereocenters. The van der Waals surface area contributed by atoms with Gasteiger partial charge in [-0.05, 0) is 51.0 Å². The third-order valence-electron chi connectivity index (χ3n) is 3.16. The molecule has 0 fully saturated rings. The van der Waals surface area contributed by atoms with Crippen LogP contribution in [0.4, 0.5) is 4.79 Å². The smallest absolute Gasteiger partial charge is 0.407 e. The van der Waals surface area contributed by atoms with Crippen molar-refractivity contribution in [2.24, 2.45) is 0 Å². The predicted molar refractivity (Wildman–Crippen MR) is 88.3 cm³/mol. The lowest BCUT2D eigenvalue weighted by molar-refractivity contribution is 0.0525. The molecule has 124 valence electrons. The van der Waals surface area contributed by atoms with Gasteiger partial charge in [-0.25, -0.2) is 4.79 Å². The Morgan fingerprint density at radius 3 is 2.78 bits per heavy atom. The number of aromatic nitrogens is 2. The molecule has 0 radical (unpaired) electrons. The van der Waals surface area contributed by atoms with Gasteiger partial charge in [0.15, 0.2) is 0 Å². The second-order valence-electron chi connectivity index (χ2n) is 6.42. The fourth-order valence-corrected chi connectivity index (χ4v) is 2.18. The highest BCUT2D eigenvalue weighted by molar-refractivity contribution is 5.68. The fraction of sp³-hybridized carbons (Fsp3) is 0.412. The van der Waals surface area contributed by atoms with E-state index in [2.05, 4.69) is 10.4 Å². The first-order chi connectivity index (χ1) is 10.7. The summed E-state index contributed by atoms with van der Waals surface area (Å²) in [5.41, 5.74) is 2.48. The average molecular weight is 317 g/mol. The molecular weight excluding hydrogens is 294 g/mol. The molecule has 0 aliphatic heterocycles. The minimum atomic E-state index is -0.501. The lowest BCUT2D eigenvalue weighted by Gasteiger charge is -2.19. The number of aryl methyl sites for hydroxylation is 1. The molecule has 0 saturated heterocycles. The molecule has 1 amide bonds. The molecule has 0 bridgehead atoms. The van der Waals surface area contributed by atoms with Crippen molar-refractivity contribution in [1.82, 2.24) is 15.1 Å². The number of carbonyl (C=O) groups is 1. The first kappa shape index (κ1) is 16.9. The van der Waals surface area contributed by atoms with Crippen molar-refractivity contribution >= 4 is 6.09 Å². The summed E-state index contributed by atoms with van der Waals surface area (Å²) in [5.74, 6) is 0.250. The number of phenolic OH excluding ortho intramolecular Hbond substituents is 1. The van der Waals surface area contributed by atoms with Gasteiger partial charge in [-0.2, -0.15) is 5.10 Å². The number of hydrogen-bond acceptors (Lipinski definition) is 4. The number of carbonyl (C=O) groups excluding carboxylic acids is 1. The summed E-state index contributed by atoms with van der Waals surface area (Å²) < 4.78 is 6.94. The standard InChI is InChI=1S/C17H23N3O3/c1-12-9-14(21)5-6-15(12)13-10-19-20(11-13)8-7-18-16(22)23-17(2,3)4/h5-6,9-11,21H,7-8H2,1-4H3,(H,18,22). The van der Waals surface area contributed by atoms with Gasteiger partial charge in [0.1, 0.15) is 11.4 Å². The van der Waals surface area contributed by atoms with E-state index in [1.165, 1.54) is 0 Å². The van der Waals surface area contributed by atoms with Crippen molar-refractivity contribution in [1.29, 1.82) is 0 Å². The van der Waals surface area contributed by atoms with Crippen LogP contribution >= 0.6 is 0 Å². The van der Waals surface area contributed by atoms with Gasteiger partial charge < -0.3 is 15.2 Å². The highest BCUT2D eigenvalue weighted by Gasteiger charge is 2.15. The van der Waals surface area contributed by atoms with Gasteiger partial charge in [0.25, 0.3) is 0 Å². The van der Waals surface area contributed by atoms with E-state index in [9.17, 15) is 9.90 Å². The minimum Gasteiger partial charge on any atom is -0.508 e. The second kappa shape index (κ2) is 6.73. The number of hydrogen-bond donors (Lipinski definition) is 2. The van der Waals surface area contributed by atoms with Gasteiger partial charge in [-0.15, -0.1) is 0 Å². The Balaban J connectivity index is 1.91. The van der Waals surface area contributed by atoms with E-state index in [-0.39, 0.29) is 5.75 Å². The van der Waals surface area contributed by atoms with Crippen LogP contribution in [-0.4, -0.2) is 33.1 Å². The molecule has 0 spiro atoms. The van der Waals surface area contributed by atoms with Gasteiger partial charge in [0, 0.05) is 18.3 Å². The summed E-state index contributed by atoms with van der Waals surface area (Å²) in [7, 11) is 0. The van der Waals surface area contributed by atoms with Crippen LogP contribution < -0.4 is 5.32 Å². The quantitative estimate of drug-likeness (QED) is 0.908. The Morgan fingerprint density at radius 2 is 2.13 bits per heavy atom. The molecule has 1 aromatic carbocycles. The van der Waals surface area contributed by atoms with Crippen molar-refractivity contribution in [3.63, 3.8) is 0 Å². The number of nitrogens with zero attached hydrogens (tertiary/aromatic N) is 2. The average Bonchev–Trinajstić information content (AvgIpc) is 2.85. The largest absolute Gasteiger partial charge is 0.508 e. The van der Waals surface area contributed by atoms with Crippen molar-refractivity contribution in [3.8, 4) is 16.9 Å². The number of benzene rings is 1. The maximum absolute atomic E-state index is 11.6. The van der Waals surface area contributed by atoms with E-state index in [0.29, 0.717) is 13.1 Å². The molecular formula is C17H23N3O3. The van der Waals surface area contributed by atoms with Crippen LogP contribution in [0.25, 0.3) is 11.1 Å². The molecule has 0 saturated carbocycles. The molecule has 6 heteroatoms. The fourth-order valence-electron chi connectivity index (χ4n) is 2.18. The van der Waals surface area contributed by atoms with Gasteiger partial charge in [0.2, 0.25) is 0 Å². The summed E-state index contributed by atoms with van der Waals surface area (Å²) in [6.45, 7) is 8.41. The summed E-state index contributed by atoms with van der Waals surface area (Å²) >= 11 is 0. The number of ether oxygens (including phenoxy) is 1. The van der Waals surface area contributed by atoms with E-state index in [0.717, 1.165) is 16.7 Å². The third kappa shape index (κ3) is 5.02. The van der Waals surface area contributed by atoms with Crippen LogP contribution in [0, 0.1) is 6.92 Å². The second-order valence-corrected chi connectivity index (χ2v) is 6.42. The zero-order chi connectivity index (χ0) is 17.0. The number of alkyl carbamates (subject to hydrolysis) is 1. The maximum atomic E-state index is 11.6. The van der Waals surface area contributed by atoms with Crippen LogP contribution in [-0.2, 0) is 11.3 Å². The topological polar surface area (TPSA) is 76.4 Å². The monoisotopic (exact) mass is 317 g/mol. The van der Waals surface area contributed by atoms with Gasteiger partial charge >= 0.3 is 6.09 Å². The van der Waals surface area contributed by atoms with Crippen molar-refractivity contribution in [2.75, 3.05) is 6.54 Å². The van der Waals surface area contributed by atoms with E-state index < -0.39 is 11.7 Å². The Kier molecular flexibility index (Phi) is 4.93. The van der Waals surface area contributed by atoms with Gasteiger partial charge in [0.05, 0.1) is 12.7 Å². The van der Waals surface area contributed by atoms with Gasteiger partial charge in [-0.1, -0.05) is 6.07 Å². The van der Waals surface area contributed by atoms with E-state index in [4.69, 9.17) is 4.74 Å². The number of phenols is 1. The summed E-state index contributed by atoms with van der Waals surface area (Å²) in [5, 5.41) is 16.5. The number of nitrogens with one attached hydrogen (secondary N) is 1. The van der Waals surface area contributed by atoms with Crippen LogP contribution in [0.3, 0.4) is 0 Å². The zero-order valence-electron chi connectivity index (χ0n) is 14.0. The van der Waals surface area contributed by atoms with Crippen LogP contribution in [0.1, 0.15) is 26.3 Å². The summed E-state index contributed by atoms with van der Waals surface area (Å²) in [4.78, 5) is 11.6. The van der Waals surface area contributed by atoms with Crippen LogP contribution in [0.2, 0.25) is 0 Å². The van der Waals surface area contributed by atoms with E-state index in [1.54, 1.807) is 23.0 Å². The van der Waals surface area contributed by atoms with Crippen LogP contribution in [0.15, 0.2) is 30.6 Å². The molecule has 6 nitrogen and oxygen atoms in total. The molecule has 1 heterocycles. The van der Waals surface area contributed by atoms with Crippen molar-refractivity contribution < 1.29 is 14.6 Å². The Hall–Kier alpha value is -2.50. The molecule has 0 aliphatic rings. The Bertz CT molecular complexity index is 687. The molecule has 2 aromatic rings. The number of amides is 1. The van der Waals surface area contributed by atoms with E-state index in [1.807, 2.05) is 40.0 Å². The lowest BCUT2D eigenvalue weighted by atomic mass is 10.0. The number of rotatable bonds is 4. The van der Waals surface area contributed by atoms with Crippen molar-refractivity contribution in [3.05, 3.63) is 36.2 Å². The Morgan fingerprint density at radius 1 is 1.39 bits per heavy atom. The molecule has 23 heavy (non-hydrogen) atoms. The van der Waals surface area contributed by atoms with Gasteiger partial charge in [-0.3, -0.25) is 4.68 Å². The van der Waals surface area contributed by atoms with Crippen LogP contribution in [0.5, 0.6) is 5.75 Å². The lowest BCUT2D eigenvalue weighted by Crippen LogP contribution is -2.34. The normalized spacial score (nSPS) is 11.3.